The van der Waals surface area contributed by atoms with Gasteiger partial charge in [-0.05, 0) is 32.0 Å². The molecule has 15 heavy (non-hydrogen) atoms. The van der Waals surface area contributed by atoms with E-state index < -0.39 is 0 Å². The number of rotatable bonds is 3. The van der Waals surface area contributed by atoms with E-state index in [-0.39, 0.29) is 0 Å². The summed E-state index contributed by atoms with van der Waals surface area (Å²) in [5, 5.41) is 1.07. The van der Waals surface area contributed by atoms with Crippen molar-refractivity contribution >= 4 is 11.3 Å². The van der Waals surface area contributed by atoms with Crippen molar-refractivity contribution in [2.75, 3.05) is 6.54 Å². The van der Waals surface area contributed by atoms with E-state index in [1.54, 1.807) is 17.5 Å². The molecule has 0 fully saturated rings. The normalized spacial score (nSPS) is 10.5. The van der Waals surface area contributed by atoms with Crippen LogP contribution in [-0.4, -0.2) is 16.5 Å². The first kappa shape index (κ1) is 10.3. The molecule has 2 aromatic heterocycles. The number of aromatic nitrogens is 2. The van der Waals surface area contributed by atoms with Gasteiger partial charge >= 0.3 is 0 Å². The molecular weight excluding hydrogens is 206 g/mol. The van der Waals surface area contributed by atoms with Crippen LogP contribution in [-0.2, 0) is 6.42 Å². The van der Waals surface area contributed by atoms with E-state index >= 15 is 0 Å². The summed E-state index contributed by atoms with van der Waals surface area (Å²) in [4.78, 5) is 10.0. The number of aryl methyl sites for hydroxylation is 1. The van der Waals surface area contributed by atoms with Gasteiger partial charge in [-0.3, -0.25) is 4.98 Å². The predicted molar refractivity (Wildman–Crippen MR) is 62.8 cm³/mol. The fourth-order valence-electron chi connectivity index (χ4n) is 1.47. The van der Waals surface area contributed by atoms with Crippen molar-refractivity contribution in [2.24, 2.45) is 5.73 Å². The van der Waals surface area contributed by atoms with E-state index in [1.165, 1.54) is 4.88 Å². The number of pyridine rings is 1. The Morgan fingerprint density at radius 3 is 2.93 bits per heavy atom. The minimum absolute atomic E-state index is 0.654. The molecule has 0 amide bonds. The molecule has 0 saturated carbocycles. The molecule has 4 heteroatoms. The van der Waals surface area contributed by atoms with Crippen LogP contribution in [0.3, 0.4) is 0 Å². The highest BCUT2D eigenvalue weighted by Crippen LogP contribution is 2.26. The Kier molecular flexibility index (Phi) is 3.08. The van der Waals surface area contributed by atoms with Crippen LogP contribution in [0.1, 0.15) is 9.88 Å². The monoisotopic (exact) mass is 219 g/mol. The van der Waals surface area contributed by atoms with Crippen molar-refractivity contribution in [2.45, 2.75) is 13.3 Å². The van der Waals surface area contributed by atoms with Gasteiger partial charge in [0.15, 0.2) is 0 Å². The predicted octanol–water partition coefficient (Wildman–Crippen LogP) is 2.01. The maximum atomic E-state index is 5.58. The van der Waals surface area contributed by atoms with Crippen molar-refractivity contribution in [3.63, 3.8) is 0 Å². The second-order valence-electron chi connectivity index (χ2n) is 3.26. The van der Waals surface area contributed by atoms with Crippen molar-refractivity contribution in [1.29, 1.82) is 0 Å². The standard InChI is InChI=1S/C11H13N3S/c1-8-14-11(10(15-8)5-6-12)9-4-2-3-7-13-9/h2-4,7H,5-6,12H2,1H3. The lowest BCUT2D eigenvalue weighted by molar-refractivity contribution is 0.984. The van der Waals surface area contributed by atoms with Crippen molar-refractivity contribution < 1.29 is 0 Å². The van der Waals surface area contributed by atoms with Crippen molar-refractivity contribution in [3.05, 3.63) is 34.3 Å². The zero-order chi connectivity index (χ0) is 10.7. The zero-order valence-corrected chi connectivity index (χ0v) is 9.42. The Bertz CT molecular complexity index is 436. The molecule has 0 unspecified atom stereocenters. The SMILES string of the molecule is Cc1nc(-c2ccccn2)c(CCN)s1. The largest absolute Gasteiger partial charge is 0.330 e. The van der Waals surface area contributed by atoms with E-state index in [1.807, 2.05) is 25.1 Å². The average Bonchev–Trinajstić information content (AvgIpc) is 2.62. The number of nitrogens with two attached hydrogens (primary N) is 1. The highest BCUT2D eigenvalue weighted by Gasteiger charge is 2.10. The van der Waals surface area contributed by atoms with Gasteiger partial charge in [-0.25, -0.2) is 4.98 Å². The minimum Gasteiger partial charge on any atom is -0.330 e. The van der Waals surface area contributed by atoms with Gasteiger partial charge in [0.2, 0.25) is 0 Å². The van der Waals surface area contributed by atoms with Gasteiger partial charge in [0.1, 0.15) is 5.69 Å². The number of thiazole rings is 1. The molecule has 0 atom stereocenters. The molecule has 0 radical (unpaired) electrons. The molecule has 0 bridgehead atoms. The van der Waals surface area contributed by atoms with E-state index in [9.17, 15) is 0 Å². The molecule has 2 rings (SSSR count). The highest BCUT2D eigenvalue weighted by atomic mass is 32.1. The van der Waals surface area contributed by atoms with Crippen LogP contribution in [0, 0.1) is 6.92 Å². The Morgan fingerprint density at radius 2 is 2.27 bits per heavy atom. The topological polar surface area (TPSA) is 51.8 Å². The van der Waals surface area contributed by atoms with Gasteiger partial charge in [0.25, 0.3) is 0 Å². The minimum atomic E-state index is 0.654. The summed E-state index contributed by atoms with van der Waals surface area (Å²) in [6.07, 6.45) is 2.66. The third-order valence-electron chi connectivity index (χ3n) is 2.08. The summed E-state index contributed by atoms with van der Waals surface area (Å²) in [7, 11) is 0. The van der Waals surface area contributed by atoms with Crippen LogP contribution in [0.15, 0.2) is 24.4 Å². The average molecular weight is 219 g/mol. The van der Waals surface area contributed by atoms with Crippen LogP contribution in [0.2, 0.25) is 0 Å². The van der Waals surface area contributed by atoms with Gasteiger partial charge in [0.05, 0.1) is 10.7 Å². The van der Waals surface area contributed by atoms with E-state index in [4.69, 9.17) is 5.73 Å². The lowest BCUT2D eigenvalue weighted by atomic mass is 10.2. The first-order valence-corrected chi connectivity index (χ1v) is 5.70. The number of nitrogens with zero attached hydrogens (tertiary/aromatic N) is 2. The second kappa shape index (κ2) is 4.51. The lowest BCUT2D eigenvalue weighted by Crippen LogP contribution is -2.02. The summed E-state index contributed by atoms with van der Waals surface area (Å²) in [6.45, 7) is 2.67. The quantitative estimate of drug-likeness (QED) is 0.859. The van der Waals surface area contributed by atoms with Gasteiger partial charge in [-0.2, -0.15) is 0 Å². The molecule has 0 aliphatic heterocycles. The fraction of sp³-hybridized carbons (Fsp3) is 0.273. The first-order valence-electron chi connectivity index (χ1n) is 4.89. The summed E-state index contributed by atoms with van der Waals surface area (Å²) in [5.74, 6) is 0. The molecular formula is C11H13N3S. The molecule has 0 saturated heterocycles. The van der Waals surface area contributed by atoms with E-state index in [0.29, 0.717) is 6.54 Å². The molecule has 2 aromatic rings. The van der Waals surface area contributed by atoms with Crippen LogP contribution < -0.4 is 5.73 Å². The number of hydrogen-bond donors (Lipinski definition) is 1. The second-order valence-corrected chi connectivity index (χ2v) is 4.55. The van der Waals surface area contributed by atoms with Crippen LogP contribution in [0.4, 0.5) is 0 Å². The van der Waals surface area contributed by atoms with Gasteiger partial charge < -0.3 is 5.73 Å². The highest BCUT2D eigenvalue weighted by molar-refractivity contribution is 7.12. The summed E-state index contributed by atoms with van der Waals surface area (Å²) in [5.41, 5.74) is 7.50. The lowest BCUT2D eigenvalue weighted by Gasteiger charge is -1.99. The molecule has 0 spiro atoms. The van der Waals surface area contributed by atoms with Crippen LogP contribution >= 0.6 is 11.3 Å². The Balaban J connectivity index is 2.43. The zero-order valence-electron chi connectivity index (χ0n) is 8.60. The van der Waals surface area contributed by atoms with E-state index in [2.05, 4.69) is 9.97 Å². The smallest absolute Gasteiger partial charge is 0.103 e. The molecule has 0 aliphatic rings. The van der Waals surface area contributed by atoms with Gasteiger partial charge in [-0.1, -0.05) is 6.07 Å². The first-order chi connectivity index (χ1) is 7.31. The number of hydrogen-bond acceptors (Lipinski definition) is 4. The Labute approximate surface area is 93.0 Å². The molecule has 78 valence electrons. The van der Waals surface area contributed by atoms with Gasteiger partial charge in [0, 0.05) is 11.1 Å². The molecule has 2 N–H and O–H groups in total. The third-order valence-corrected chi connectivity index (χ3v) is 3.11. The van der Waals surface area contributed by atoms with Crippen LogP contribution in [0.25, 0.3) is 11.4 Å². The summed E-state index contributed by atoms with van der Waals surface area (Å²) in [6, 6.07) is 5.86. The van der Waals surface area contributed by atoms with Crippen molar-refractivity contribution in [3.8, 4) is 11.4 Å². The maximum Gasteiger partial charge on any atom is 0.103 e. The molecule has 2 heterocycles. The van der Waals surface area contributed by atoms with Gasteiger partial charge in [-0.15, -0.1) is 11.3 Å². The Morgan fingerprint density at radius 1 is 1.40 bits per heavy atom. The summed E-state index contributed by atoms with van der Waals surface area (Å²) >= 11 is 1.70. The summed E-state index contributed by atoms with van der Waals surface area (Å²) < 4.78 is 0. The Hall–Kier alpha value is -1.26. The molecule has 0 aliphatic carbocycles. The molecule has 3 nitrogen and oxygen atoms in total. The van der Waals surface area contributed by atoms with Crippen LogP contribution in [0.5, 0.6) is 0 Å². The van der Waals surface area contributed by atoms with Crippen molar-refractivity contribution in [1.82, 2.24) is 9.97 Å². The maximum absolute atomic E-state index is 5.58. The third kappa shape index (κ3) is 2.22. The fourth-order valence-corrected chi connectivity index (χ4v) is 2.43. The van der Waals surface area contributed by atoms with E-state index in [0.717, 1.165) is 22.8 Å². The molecule has 0 aromatic carbocycles.